The molecule has 1 aromatic heterocycles. The van der Waals surface area contributed by atoms with Crippen molar-refractivity contribution < 1.29 is 14.6 Å². The van der Waals surface area contributed by atoms with Crippen LogP contribution in [-0.4, -0.2) is 50.5 Å². The molecular weight excluding hydrogens is 330 g/mol. The first-order valence-corrected chi connectivity index (χ1v) is 10.2. The number of ether oxygens (including phenoxy) is 1. The van der Waals surface area contributed by atoms with Crippen LogP contribution in [0.2, 0.25) is 0 Å². The van der Waals surface area contributed by atoms with Crippen LogP contribution >= 0.6 is 0 Å². The fourth-order valence-electron chi connectivity index (χ4n) is 4.86. The van der Waals surface area contributed by atoms with Crippen LogP contribution < -0.4 is 0 Å². The van der Waals surface area contributed by atoms with E-state index >= 15 is 0 Å². The highest BCUT2D eigenvalue weighted by Crippen LogP contribution is 2.42. The second-order valence-electron chi connectivity index (χ2n) is 8.34. The van der Waals surface area contributed by atoms with E-state index in [1.807, 2.05) is 23.4 Å². The van der Waals surface area contributed by atoms with E-state index in [2.05, 4.69) is 12.0 Å². The van der Waals surface area contributed by atoms with Crippen molar-refractivity contribution in [3.05, 3.63) is 17.0 Å². The molecule has 3 heterocycles. The van der Waals surface area contributed by atoms with E-state index in [-0.39, 0.29) is 18.1 Å². The maximum Gasteiger partial charge on any atom is 0.272 e. The summed E-state index contributed by atoms with van der Waals surface area (Å²) in [5.74, 6) is 0.505. The molecule has 2 atom stereocenters. The number of amides is 1. The van der Waals surface area contributed by atoms with Crippen molar-refractivity contribution in [2.75, 3.05) is 13.1 Å². The molecule has 144 valence electrons. The zero-order chi connectivity index (χ0) is 18.5. The molecular formula is C20H31N3O3. The van der Waals surface area contributed by atoms with Crippen molar-refractivity contribution in [3.8, 4) is 0 Å². The highest BCUT2D eigenvalue weighted by Gasteiger charge is 2.44. The fraction of sp³-hybridized carbons (Fsp3) is 0.800. The Morgan fingerprint density at radius 1 is 1.31 bits per heavy atom. The number of aromatic nitrogens is 2. The van der Waals surface area contributed by atoms with Gasteiger partial charge in [-0.15, -0.1) is 0 Å². The molecule has 6 nitrogen and oxygen atoms in total. The molecule has 26 heavy (non-hydrogen) atoms. The van der Waals surface area contributed by atoms with Gasteiger partial charge in [0.25, 0.3) is 5.91 Å². The number of hydrogen-bond acceptors (Lipinski definition) is 4. The Morgan fingerprint density at radius 2 is 2.00 bits per heavy atom. The van der Waals surface area contributed by atoms with Crippen LogP contribution in [0.4, 0.5) is 0 Å². The zero-order valence-corrected chi connectivity index (χ0v) is 16.2. The van der Waals surface area contributed by atoms with E-state index in [9.17, 15) is 9.90 Å². The summed E-state index contributed by atoms with van der Waals surface area (Å²) >= 11 is 0. The largest absolute Gasteiger partial charge is 0.389 e. The van der Waals surface area contributed by atoms with Gasteiger partial charge in [0.2, 0.25) is 0 Å². The average Bonchev–Trinajstić information content (AvgIpc) is 2.91. The third kappa shape index (κ3) is 2.87. The van der Waals surface area contributed by atoms with Crippen molar-refractivity contribution in [1.29, 1.82) is 0 Å². The van der Waals surface area contributed by atoms with E-state index in [4.69, 9.17) is 4.74 Å². The molecule has 2 aliphatic heterocycles. The van der Waals surface area contributed by atoms with Crippen LogP contribution in [-0.2, 0) is 17.7 Å². The second-order valence-corrected chi connectivity index (χ2v) is 8.34. The van der Waals surface area contributed by atoms with Gasteiger partial charge >= 0.3 is 0 Å². The zero-order valence-electron chi connectivity index (χ0n) is 16.2. The topological polar surface area (TPSA) is 67.6 Å². The van der Waals surface area contributed by atoms with Crippen LogP contribution in [0.1, 0.15) is 80.7 Å². The van der Waals surface area contributed by atoms with Gasteiger partial charge in [-0.05, 0) is 52.4 Å². The maximum atomic E-state index is 13.3. The Hall–Kier alpha value is -1.40. The van der Waals surface area contributed by atoms with Gasteiger partial charge in [-0.1, -0.05) is 6.42 Å². The van der Waals surface area contributed by atoms with Crippen LogP contribution in [0.25, 0.3) is 0 Å². The summed E-state index contributed by atoms with van der Waals surface area (Å²) < 4.78 is 7.73. The third-order valence-electron chi connectivity index (χ3n) is 6.68. The number of aryl methyl sites for hydroxylation is 1. The molecule has 0 spiro atoms. The number of carbonyl (C=O) groups is 1. The average molecular weight is 361 g/mol. The number of carbonyl (C=O) groups excluding carboxylic acids is 1. The Kier molecular flexibility index (Phi) is 4.59. The molecule has 3 aliphatic rings. The van der Waals surface area contributed by atoms with Crippen LogP contribution in [0.3, 0.4) is 0 Å². The van der Waals surface area contributed by atoms with E-state index < -0.39 is 5.60 Å². The lowest BCUT2D eigenvalue weighted by Crippen LogP contribution is -2.52. The lowest BCUT2D eigenvalue weighted by atomic mass is 9.69. The summed E-state index contributed by atoms with van der Waals surface area (Å²) in [5.41, 5.74) is 2.15. The highest BCUT2D eigenvalue weighted by molar-refractivity contribution is 5.94. The van der Waals surface area contributed by atoms with Gasteiger partial charge in [0, 0.05) is 31.6 Å². The molecule has 1 N–H and O–H groups in total. The standard InChI is InChI=1S/C20H31N3O3/c1-4-23-18(16-12-13(2)26-14(3)17(16)21-23)19(24)22-10-8-20(25,9-11-22)15-6-5-7-15/h13-15,25H,4-12H2,1-3H3/t13-,14+/m0/s1. The first-order valence-electron chi connectivity index (χ1n) is 10.2. The van der Waals surface area contributed by atoms with Gasteiger partial charge in [0.1, 0.15) is 5.69 Å². The smallest absolute Gasteiger partial charge is 0.272 e. The van der Waals surface area contributed by atoms with Crippen LogP contribution in [0.5, 0.6) is 0 Å². The van der Waals surface area contributed by atoms with E-state index in [0.717, 1.165) is 36.2 Å². The molecule has 0 radical (unpaired) electrons. The number of rotatable bonds is 3. The van der Waals surface area contributed by atoms with Crippen LogP contribution in [0, 0.1) is 5.92 Å². The molecule has 6 heteroatoms. The van der Waals surface area contributed by atoms with E-state index in [1.54, 1.807) is 0 Å². The Balaban J connectivity index is 1.55. The summed E-state index contributed by atoms with van der Waals surface area (Å²) in [6, 6.07) is 0. The van der Waals surface area contributed by atoms with Gasteiger partial charge < -0.3 is 14.7 Å². The van der Waals surface area contributed by atoms with Crippen molar-refractivity contribution in [3.63, 3.8) is 0 Å². The Labute approximate surface area is 155 Å². The van der Waals surface area contributed by atoms with E-state index in [0.29, 0.717) is 38.4 Å². The van der Waals surface area contributed by atoms with Crippen molar-refractivity contribution in [2.24, 2.45) is 5.92 Å². The number of nitrogens with zero attached hydrogens (tertiary/aromatic N) is 3. The molecule has 1 saturated heterocycles. The molecule has 1 saturated carbocycles. The van der Waals surface area contributed by atoms with Crippen molar-refractivity contribution >= 4 is 5.91 Å². The molecule has 1 aliphatic carbocycles. The minimum Gasteiger partial charge on any atom is -0.389 e. The van der Waals surface area contributed by atoms with Gasteiger partial charge in [-0.2, -0.15) is 5.10 Å². The highest BCUT2D eigenvalue weighted by atomic mass is 16.5. The molecule has 2 fully saturated rings. The molecule has 0 aromatic carbocycles. The fourth-order valence-corrected chi connectivity index (χ4v) is 4.86. The number of piperidine rings is 1. The number of fused-ring (bicyclic) bond motifs is 1. The van der Waals surface area contributed by atoms with Crippen molar-refractivity contribution in [2.45, 2.75) is 83.6 Å². The van der Waals surface area contributed by atoms with Gasteiger partial charge in [0.05, 0.1) is 23.5 Å². The summed E-state index contributed by atoms with van der Waals surface area (Å²) in [7, 11) is 0. The third-order valence-corrected chi connectivity index (χ3v) is 6.68. The van der Waals surface area contributed by atoms with Gasteiger partial charge in [-0.25, -0.2) is 0 Å². The Morgan fingerprint density at radius 3 is 2.58 bits per heavy atom. The second kappa shape index (κ2) is 6.64. The minimum atomic E-state index is -0.559. The lowest BCUT2D eigenvalue weighted by Gasteiger charge is -2.46. The molecule has 1 amide bonds. The van der Waals surface area contributed by atoms with Crippen molar-refractivity contribution in [1.82, 2.24) is 14.7 Å². The molecule has 1 aromatic rings. The SMILES string of the molecule is CCn1nc2c(c1C(=O)N1CCC(O)(C3CCC3)CC1)C[C@H](C)O[C@@H]2C. The summed E-state index contributed by atoms with van der Waals surface area (Å²) in [4.78, 5) is 15.3. The number of likely N-dealkylation sites (tertiary alicyclic amines) is 1. The first-order chi connectivity index (χ1) is 12.4. The van der Waals surface area contributed by atoms with E-state index in [1.165, 1.54) is 6.42 Å². The number of aliphatic hydroxyl groups is 1. The Bertz CT molecular complexity index is 687. The van der Waals surface area contributed by atoms with Gasteiger partial charge in [-0.3, -0.25) is 9.48 Å². The quantitative estimate of drug-likeness (QED) is 0.899. The predicted octanol–water partition coefficient (Wildman–Crippen LogP) is 2.69. The summed E-state index contributed by atoms with van der Waals surface area (Å²) in [5, 5.41) is 15.6. The monoisotopic (exact) mass is 361 g/mol. The van der Waals surface area contributed by atoms with Crippen LogP contribution in [0.15, 0.2) is 0 Å². The normalized spacial score (nSPS) is 28.5. The molecule has 4 rings (SSSR count). The lowest BCUT2D eigenvalue weighted by molar-refractivity contribution is -0.0862. The van der Waals surface area contributed by atoms with Gasteiger partial charge in [0.15, 0.2) is 0 Å². The minimum absolute atomic E-state index is 0.0672. The predicted molar refractivity (Wildman–Crippen MR) is 98.0 cm³/mol. The summed E-state index contributed by atoms with van der Waals surface area (Å²) in [6.45, 7) is 8.03. The summed E-state index contributed by atoms with van der Waals surface area (Å²) in [6.07, 6.45) is 5.66. The molecule has 0 bridgehead atoms. The maximum absolute atomic E-state index is 13.3. The first kappa shape index (κ1) is 18.0. The molecule has 0 unspecified atom stereocenters. The number of hydrogen-bond donors (Lipinski definition) is 1.